The second-order valence-electron chi connectivity index (χ2n) is 1.13. The van der Waals surface area contributed by atoms with Crippen LogP contribution in [0.3, 0.4) is 0 Å². The van der Waals surface area contributed by atoms with Gasteiger partial charge in [0, 0.05) is 22.8 Å². The molecule has 124 valence electrons. The number of halogens is 5. The Hall–Kier alpha value is 1.52. The maximum Gasteiger partial charge on any atom is 2.00 e. The summed E-state index contributed by atoms with van der Waals surface area (Å²) < 4.78 is 92.7. The number of rotatable bonds is 0. The summed E-state index contributed by atoms with van der Waals surface area (Å²) in [4.78, 5) is 34.5. The molecule has 0 bridgehead atoms. The van der Waals surface area contributed by atoms with E-state index in [9.17, 15) is 21.0 Å². The molecule has 5 atom stereocenters. The molecule has 0 saturated heterocycles. The van der Waals surface area contributed by atoms with Crippen molar-refractivity contribution in [1.29, 1.82) is 0 Å². The predicted octanol–water partition coefficient (Wildman–Crippen LogP) is 2.87. The smallest absolute Gasteiger partial charge is 1.00 e. The minimum absolute atomic E-state index is 0. The molecule has 0 aliphatic carbocycles. The topological polar surface area (TPSA) is 186 Å². The molecule has 0 spiro atoms. The molecule has 10 nitrogen and oxygen atoms in total. The van der Waals surface area contributed by atoms with Crippen LogP contribution in [0.1, 0.15) is 2.85 Å². The summed E-state index contributed by atoms with van der Waals surface area (Å²) in [5.41, 5.74) is 0. The first-order valence-electron chi connectivity index (χ1n) is 2.76. The van der Waals surface area contributed by atoms with Crippen LogP contribution >= 0.6 is 41.7 Å². The van der Waals surface area contributed by atoms with E-state index in [1.54, 1.807) is 0 Å². The first-order valence-corrected chi connectivity index (χ1v) is 8.27. The van der Waals surface area contributed by atoms with E-state index in [0.29, 0.717) is 0 Å². The Balaban J connectivity index is -0.0000000197. The molecule has 5 unspecified atom stereocenters. The molecule has 0 aliphatic rings. The molecular weight excluding hydrogens is 547 g/mol. The van der Waals surface area contributed by atoms with Gasteiger partial charge in [-0.15, -0.1) is 24.5 Å². The fourth-order valence-corrected chi connectivity index (χ4v) is 0. The van der Waals surface area contributed by atoms with Crippen LogP contribution in [-0.2, 0) is 22.8 Å². The molecule has 0 aliphatic heterocycles. The maximum absolute atomic E-state index is 10.1. The van der Waals surface area contributed by atoms with Crippen molar-refractivity contribution in [3.8, 4) is 0 Å². The van der Waals surface area contributed by atoms with Crippen molar-refractivity contribution >= 4 is 90.6 Å². The zero-order chi connectivity index (χ0) is 17.9. The first kappa shape index (κ1) is 38.2. The van der Waals surface area contributed by atoms with Crippen molar-refractivity contribution in [2.45, 2.75) is 0 Å². The molecule has 0 aromatic carbocycles. The van der Waals surface area contributed by atoms with E-state index in [-0.39, 0.29) is 51.7 Å². The monoisotopic (exact) mass is 555 g/mol. The third kappa shape index (κ3) is 3540. The van der Waals surface area contributed by atoms with E-state index in [1.165, 1.54) is 0 Å². The Labute approximate surface area is 160 Å². The fraction of sp³-hybridized carbons (Fsp3) is 0. The predicted molar refractivity (Wildman–Crippen MR) is 62.6 cm³/mol. The van der Waals surface area contributed by atoms with Crippen LogP contribution < -0.4 is 0 Å². The summed E-state index contributed by atoms with van der Waals surface area (Å²) in [5, 5.41) is 0. The molecular formula is H7BaF5O10P5+5. The molecule has 0 rings (SSSR count). The molecule has 21 heteroatoms. The average molecular weight is 554 g/mol. The summed E-state index contributed by atoms with van der Waals surface area (Å²) in [7, 11) is -16.9. The summed E-state index contributed by atoms with van der Waals surface area (Å²) in [5.74, 6) is 0. The third-order valence-electron chi connectivity index (χ3n) is 0. The normalized spacial score (nSPS) is 10.5. The van der Waals surface area contributed by atoms with E-state index < -0.39 is 41.7 Å². The standard InChI is InChI=1S/Ba.5FO2P.2H/c;5*1-4(2)3;;/q+2;;;;;;2*-1/p+5. The molecule has 0 aromatic heterocycles. The van der Waals surface area contributed by atoms with E-state index in [0.717, 1.165) is 0 Å². The second kappa shape index (κ2) is 33.2. The van der Waals surface area contributed by atoms with Crippen molar-refractivity contribution in [1.82, 2.24) is 0 Å². The Morgan fingerprint density at radius 2 is 0.476 bits per heavy atom. The Kier molecular flexibility index (Phi) is 60.4. The molecule has 0 heterocycles. The number of hydrogen-bond acceptors (Lipinski definition) is 5. The van der Waals surface area contributed by atoms with Gasteiger partial charge in [0.1, 0.15) is 0 Å². The van der Waals surface area contributed by atoms with Gasteiger partial charge in [0.05, 0.1) is 21.0 Å². The van der Waals surface area contributed by atoms with Gasteiger partial charge < -0.3 is 2.85 Å². The SMILES string of the molecule is O=[P+](O)F.O=[P+](O)F.O=[P+](O)F.O=[P+](O)F.O=[P+](O)F.[Ba+2].[H-].[H-]. The van der Waals surface area contributed by atoms with Crippen molar-refractivity contribution in [2.75, 3.05) is 0 Å². The summed E-state index contributed by atoms with van der Waals surface area (Å²) in [6.45, 7) is 0. The largest absolute Gasteiger partial charge is 2.00 e. The van der Waals surface area contributed by atoms with Gasteiger partial charge in [-0.3, -0.25) is 0 Å². The van der Waals surface area contributed by atoms with Crippen molar-refractivity contribution in [2.24, 2.45) is 0 Å². The molecule has 0 saturated carbocycles. The fourth-order valence-electron chi connectivity index (χ4n) is 0. The Bertz CT molecular complexity index is 230. The van der Waals surface area contributed by atoms with Crippen molar-refractivity contribution in [3.05, 3.63) is 0 Å². The molecule has 0 amide bonds. The minimum Gasteiger partial charge on any atom is -1.00 e. The summed E-state index contributed by atoms with van der Waals surface area (Å²) in [6.07, 6.45) is 0. The number of hydrogen-bond donors (Lipinski definition) is 5. The van der Waals surface area contributed by atoms with Crippen LogP contribution in [0, 0.1) is 0 Å². The van der Waals surface area contributed by atoms with Crippen molar-refractivity contribution < 1.29 is 71.1 Å². The van der Waals surface area contributed by atoms with Gasteiger partial charge in [0.2, 0.25) is 0 Å². The van der Waals surface area contributed by atoms with Crippen LogP contribution in [-0.4, -0.2) is 73.3 Å². The van der Waals surface area contributed by atoms with Crippen LogP contribution in [0.4, 0.5) is 21.0 Å². The Morgan fingerprint density at radius 1 is 0.476 bits per heavy atom. The quantitative estimate of drug-likeness (QED) is 0.169. The zero-order valence-electron chi connectivity index (χ0n) is 11.1. The molecule has 0 fully saturated rings. The van der Waals surface area contributed by atoms with Gasteiger partial charge in [-0.05, 0) is 0 Å². The minimum atomic E-state index is -3.37. The van der Waals surface area contributed by atoms with Crippen LogP contribution in [0.25, 0.3) is 0 Å². The second-order valence-corrected chi connectivity index (χ2v) is 3.39. The van der Waals surface area contributed by atoms with Crippen LogP contribution in [0.15, 0.2) is 0 Å². The van der Waals surface area contributed by atoms with Gasteiger partial charge in [0.15, 0.2) is 0 Å². The summed E-state index contributed by atoms with van der Waals surface area (Å²) in [6, 6.07) is 0. The van der Waals surface area contributed by atoms with Gasteiger partial charge in [-0.2, -0.15) is 0 Å². The van der Waals surface area contributed by atoms with Gasteiger partial charge in [-0.25, -0.2) is 0 Å². The van der Waals surface area contributed by atoms with Crippen LogP contribution in [0.5, 0.6) is 0 Å². The van der Waals surface area contributed by atoms with E-state index in [1.807, 2.05) is 0 Å². The Morgan fingerprint density at radius 3 is 0.476 bits per heavy atom. The van der Waals surface area contributed by atoms with Gasteiger partial charge >= 0.3 is 90.6 Å². The van der Waals surface area contributed by atoms with Crippen molar-refractivity contribution in [3.63, 3.8) is 0 Å². The van der Waals surface area contributed by atoms with E-state index in [2.05, 4.69) is 0 Å². The third-order valence-corrected chi connectivity index (χ3v) is 0. The maximum atomic E-state index is 10.1. The molecule has 5 N–H and O–H groups in total. The molecule has 0 aromatic rings. The van der Waals surface area contributed by atoms with Gasteiger partial charge in [-0.1, -0.05) is 0 Å². The van der Waals surface area contributed by atoms with Gasteiger partial charge in [0.25, 0.3) is 0 Å². The average Bonchev–Trinajstić information content (AvgIpc) is 1.94. The molecule has 0 radical (unpaired) electrons. The zero-order valence-corrected chi connectivity index (χ0v) is 18.0. The van der Waals surface area contributed by atoms with E-state index in [4.69, 9.17) is 47.3 Å². The summed E-state index contributed by atoms with van der Waals surface area (Å²) >= 11 is 0. The van der Waals surface area contributed by atoms with E-state index >= 15 is 0 Å². The molecule has 21 heavy (non-hydrogen) atoms. The van der Waals surface area contributed by atoms with Crippen LogP contribution in [0.2, 0.25) is 0 Å². The first-order chi connectivity index (χ1) is 8.66.